The van der Waals surface area contributed by atoms with Gasteiger partial charge in [-0.15, -0.1) is 0 Å². The Labute approximate surface area is 190 Å². The molecule has 2 aliphatic rings. The van der Waals surface area contributed by atoms with Crippen molar-refractivity contribution in [2.24, 2.45) is 0 Å². The smallest absolute Gasteiger partial charge is 0.255 e. The number of benzene rings is 1. The van der Waals surface area contributed by atoms with Crippen molar-refractivity contribution in [1.29, 1.82) is 0 Å². The minimum Gasteiger partial charge on any atom is -0.356 e. The molecular formula is C22H21Cl2N5O2. The molecule has 4 heterocycles. The third-order valence-electron chi connectivity index (χ3n) is 5.82. The van der Waals surface area contributed by atoms with Crippen LogP contribution in [0.2, 0.25) is 10.0 Å². The van der Waals surface area contributed by atoms with E-state index in [9.17, 15) is 4.79 Å². The van der Waals surface area contributed by atoms with Gasteiger partial charge in [0.15, 0.2) is 6.23 Å². The maximum Gasteiger partial charge on any atom is 0.255 e. The van der Waals surface area contributed by atoms with Crippen molar-refractivity contribution >= 4 is 29.1 Å². The molecule has 7 nitrogen and oxygen atoms in total. The first-order valence-electron chi connectivity index (χ1n) is 10.3. The Hall–Kier alpha value is -2.48. The first kappa shape index (κ1) is 20.4. The summed E-state index contributed by atoms with van der Waals surface area (Å²) in [5.74, 6) is -0.154. The van der Waals surface area contributed by atoms with E-state index in [0.29, 0.717) is 30.1 Å². The molecule has 5 rings (SSSR count). The third-order valence-corrected chi connectivity index (χ3v) is 6.64. The fraction of sp³-hybridized carbons (Fsp3) is 0.364. The second-order valence-corrected chi connectivity index (χ2v) is 8.49. The lowest BCUT2D eigenvalue weighted by molar-refractivity contribution is -0.0384. The summed E-state index contributed by atoms with van der Waals surface area (Å²) in [5, 5.41) is 5.15. The van der Waals surface area contributed by atoms with E-state index in [4.69, 9.17) is 27.9 Å². The van der Waals surface area contributed by atoms with Crippen LogP contribution >= 0.6 is 23.2 Å². The van der Waals surface area contributed by atoms with Crippen LogP contribution in [0.4, 0.5) is 0 Å². The van der Waals surface area contributed by atoms with E-state index in [2.05, 4.69) is 15.1 Å². The highest BCUT2D eigenvalue weighted by Crippen LogP contribution is 2.33. The molecule has 0 N–H and O–H groups in total. The topological polar surface area (TPSA) is 73.1 Å². The molecule has 1 amide bonds. The molecule has 0 radical (unpaired) electrons. The summed E-state index contributed by atoms with van der Waals surface area (Å²) >= 11 is 12.4. The Kier molecular flexibility index (Phi) is 5.65. The summed E-state index contributed by atoms with van der Waals surface area (Å²) in [7, 11) is 0. The predicted molar refractivity (Wildman–Crippen MR) is 117 cm³/mol. The van der Waals surface area contributed by atoms with Gasteiger partial charge in [-0.3, -0.25) is 4.79 Å². The summed E-state index contributed by atoms with van der Waals surface area (Å²) in [6.07, 6.45) is 7.04. The highest BCUT2D eigenvalue weighted by molar-refractivity contribution is 6.43. The van der Waals surface area contributed by atoms with Crippen LogP contribution in [0.5, 0.6) is 0 Å². The Morgan fingerprint density at radius 1 is 1.16 bits per heavy atom. The van der Waals surface area contributed by atoms with Crippen LogP contribution in [0.25, 0.3) is 11.4 Å². The van der Waals surface area contributed by atoms with Gasteiger partial charge in [0, 0.05) is 24.9 Å². The summed E-state index contributed by atoms with van der Waals surface area (Å²) in [6, 6.07) is 7.06. The van der Waals surface area contributed by atoms with E-state index < -0.39 is 0 Å². The molecule has 2 aliphatic heterocycles. The van der Waals surface area contributed by atoms with Crippen LogP contribution in [0.1, 0.15) is 47.1 Å². The summed E-state index contributed by atoms with van der Waals surface area (Å²) in [6.45, 7) is 1.68. The highest BCUT2D eigenvalue weighted by Gasteiger charge is 2.28. The standard InChI is InChI=1S/C22H21Cl2N5O2/c23-16-5-3-4-15(20(16)24)22(30)28-10-8-14-17(12-28)25-13-26-21(14)18-7-9-27-29(18)19-6-1-2-11-31-19/h3-5,7,9,13,19H,1-2,6,8,10-12H2. The molecule has 2 aromatic heterocycles. The Bertz CT molecular complexity index is 1130. The Morgan fingerprint density at radius 2 is 2.06 bits per heavy atom. The van der Waals surface area contributed by atoms with E-state index in [0.717, 1.165) is 48.5 Å². The first-order valence-corrected chi connectivity index (χ1v) is 11.1. The van der Waals surface area contributed by atoms with Gasteiger partial charge in [0.1, 0.15) is 6.33 Å². The van der Waals surface area contributed by atoms with Crippen LogP contribution in [0.15, 0.2) is 36.8 Å². The molecule has 9 heteroatoms. The van der Waals surface area contributed by atoms with E-state index in [1.54, 1.807) is 35.6 Å². The number of carbonyl (C=O) groups excluding carboxylic acids is 1. The number of carbonyl (C=O) groups is 1. The summed E-state index contributed by atoms with van der Waals surface area (Å²) in [4.78, 5) is 23.9. The average Bonchev–Trinajstić information content (AvgIpc) is 3.30. The number of ether oxygens (including phenoxy) is 1. The van der Waals surface area contributed by atoms with Crippen LogP contribution < -0.4 is 0 Å². The quantitative estimate of drug-likeness (QED) is 0.576. The van der Waals surface area contributed by atoms with Gasteiger partial charge in [-0.2, -0.15) is 5.10 Å². The number of amides is 1. The molecule has 1 unspecified atom stereocenters. The monoisotopic (exact) mass is 457 g/mol. The zero-order valence-electron chi connectivity index (χ0n) is 16.8. The van der Waals surface area contributed by atoms with Gasteiger partial charge in [0.05, 0.1) is 39.2 Å². The Balaban J connectivity index is 1.44. The zero-order valence-corrected chi connectivity index (χ0v) is 18.3. The molecule has 3 aromatic rings. The van der Waals surface area contributed by atoms with E-state index in [1.165, 1.54) is 0 Å². The van der Waals surface area contributed by atoms with Crippen LogP contribution in [0, 0.1) is 0 Å². The molecule has 0 bridgehead atoms. The van der Waals surface area contributed by atoms with Gasteiger partial charge in [-0.05, 0) is 43.9 Å². The fourth-order valence-electron chi connectivity index (χ4n) is 4.24. The molecule has 0 spiro atoms. The lowest BCUT2D eigenvalue weighted by Gasteiger charge is -2.30. The second kappa shape index (κ2) is 8.57. The van der Waals surface area contributed by atoms with Gasteiger partial charge < -0.3 is 9.64 Å². The van der Waals surface area contributed by atoms with E-state index in [-0.39, 0.29) is 17.2 Å². The van der Waals surface area contributed by atoms with Gasteiger partial charge in [-0.1, -0.05) is 29.3 Å². The molecule has 160 valence electrons. The first-order chi connectivity index (χ1) is 15.1. The number of aromatic nitrogens is 4. The molecule has 31 heavy (non-hydrogen) atoms. The maximum atomic E-state index is 13.1. The SMILES string of the molecule is O=C(c1cccc(Cl)c1Cl)N1CCc2c(ncnc2-c2ccnn2C2CCCCO2)C1. The number of fused-ring (bicyclic) bond motifs is 1. The minimum atomic E-state index is -0.154. The zero-order chi connectivity index (χ0) is 21.4. The Morgan fingerprint density at radius 3 is 2.90 bits per heavy atom. The molecule has 1 atom stereocenters. The highest BCUT2D eigenvalue weighted by atomic mass is 35.5. The molecule has 1 fully saturated rings. The normalized spacial score (nSPS) is 18.6. The van der Waals surface area contributed by atoms with Gasteiger partial charge in [0.25, 0.3) is 5.91 Å². The fourth-order valence-corrected chi connectivity index (χ4v) is 4.62. The summed E-state index contributed by atoms with van der Waals surface area (Å²) in [5.41, 5.74) is 4.05. The molecule has 1 aromatic carbocycles. The summed E-state index contributed by atoms with van der Waals surface area (Å²) < 4.78 is 7.85. The van der Waals surface area contributed by atoms with Gasteiger partial charge in [0.2, 0.25) is 0 Å². The lowest BCUT2D eigenvalue weighted by Crippen LogP contribution is -2.37. The average molecular weight is 458 g/mol. The lowest BCUT2D eigenvalue weighted by atomic mass is 10.00. The second-order valence-electron chi connectivity index (χ2n) is 7.71. The van der Waals surface area contributed by atoms with E-state index >= 15 is 0 Å². The number of nitrogens with zero attached hydrogens (tertiary/aromatic N) is 5. The number of hydrogen-bond acceptors (Lipinski definition) is 5. The van der Waals surface area contributed by atoms with Crippen LogP contribution in [-0.4, -0.2) is 43.7 Å². The molecule has 0 saturated carbocycles. The van der Waals surface area contributed by atoms with Crippen molar-refractivity contribution in [3.05, 3.63) is 63.7 Å². The van der Waals surface area contributed by atoms with Crippen molar-refractivity contribution in [3.8, 4) is 11.4 Å². The van der Waals surface area contributed by atoms with E-state index in [1.807, 2.05) is 10.7 Å². The van der Waals surface area contributed by atoms with Crippen LogP contribution in [-0.2, 0) is 17.7 Å². The molecule has 1 saturated heterocycles. The molecule has 0 aliphatic carbocycles. The largest absolute Gasteiger partial charge is 0.356 e. The third kappa shape index (κ3) is 3.82. The van der Waals surface area contributed by atoms with Crippen molar-refractivity contribution < 1.29 is 9.53 Å². The minimum absolute atomic E-state index is 0.0731. The van der Waals surface area contributed by atoms with Crippen molar-refractivity contribution in [2.45, 2.75) is 38.5 Å². The van der Waals surface area contributed by atoms with Crippen molar-refractivity contribution in [3.63, 3.8) is 0 Å². The maximum absolute atomic E-state index is 13.1. The molecular weight excluding hydrogens is 437 g/mol. The van der Waals surface area contributed by atoms with Crippen molar-refractivity contribution in [2.75, 3.05) is 13.2 Å². The number of halogens is 2. The van der Waals surface area contributed by atoms with Gasteiger partial charge >= 0.3 is 0 Å². The van der Waals surface area contributed by atoms with Crippen molar-refractivity contribution in [1.82, 2.24) is 24.6 Å². The predicted octanol–water partition coefficient (Wildman–Crippen LogP) is 4.54. The van der Waals surface area contributed by atoms with Gasteiger partial charge in [-0.25, -0.2) is 14.6 Å². The number of rotatable bonds is 3. The number of hydrogen-bond donors (Lipinski definition) is 0. The van der Waals surface area contributed by atoms with Crippen LogP contribution in [0.3, 0.4) is 0 Å².